The lowest BCUT2D eigenvalue weighted by Gasteiger charge is -2.31. The SMILES string of the molecule is C[C@H](N)C(=O)N1CCC2C1CNC2(CCCCB(O)O)C(=O)O. The summed E-state index contributed by atoms with van der Waals surface area (Å²) in [5, 5.41) is 30.7. The van der Waals surface area contributed by atoms with E-state index in [1.807, 2.05) is 0 Å². The quantitative estimate of drug-likeness (QED) is 0.287. The van der Waals surface area contributed by atoms with Crippen LogP contribution < -0.4 is 11.1 Å². The van der Waals surface area contributed by atoms with E-state index in [2.05, 4.69) is 5.32 Å². The Morgan fingerprint density at radius 3 is 2.70 bits per heavy atom. The van der Waals surface area contributed by atoms with Gasteiger partial charge in [-0.1, -0.05) is 12.8 Å². The summed E-state index contributed by atoms with van der Waals surface area (Å²) >= 11 is 0. The number of carboxylic acid groups (broad SMARTS) is 1. The van der Waals surface area contributed by atoms with Crippen LogP contribution in [-0.4, -0.2) is 69.8 Å². The van der Waals surface area contributed by atoms with Crippen LogP contribution in [0.2, 0.25) is 6.32 Å². The van der Waals surface area contributed by atoms with E-state index in [4.69, 9.17) is 15.8 Å². The summed E-state index contributed by atoms with van der Waals surface area (Å²) in [6, 6.07) is -0.715. The van der Waals surface area contributed by atoms with Crippen molar-refractivity contribution in [1.29, 1.82) is 0 Å². The van der Waals surface area contributed by atoms with Gasteiger partial charge in [0.2, 0.25) is 5.91 Å². The first-order valence-corrected chi connectivity index (χ1v) is 8.20. The third-order valence-electron chi connectivity index (χ3n) is 5.14. The number of nitrogens with zero attached hydrogens (tertiary/aromatic N) is 1. The van der Waals surface area contributed by atoms with Crippen LogP contribution in [-0.2, 0) is 9.59 Å². The number of rotatable bonds is 7. The lowest BCUT2D eigenvalue weighted by atomic mass is 9.77. The molecule has 23 heavy (non-hydrogen) atoms. The van der Waals surface area contributed by atoms with Crippen LogP contribution in [0, 0.1) is 5.92 Å². The van der Waals surface area contributed by atoms with E-state index >= 15 is 0 Å². The van der Waals surface area contributed by atoms with Gasteiger partial charge in [-0.2, -0.15) is 0 Å². The van der Waals surface area contributed by atoms with Crippen molar-refractivity contribution in [3.8, 4) is 0 Å². The third kappa shape index (κ3) is 3.52. The number of nitrogens with one attached hydrogen (secondary N) is 1. The number of carbonyl (C=O) groups is 2. The Morgan fingerprint density at radius 1 is 1.43 bits per heavy atom. The van der Waals surface area contributed by atoms with Crippen LogP contribution in [0.3, 0.4) is 0 Å². The maximum absolute atomic E-state index is 12.2. The number of unbranched alkanes of at least 4 members (excludes halogenated alkanes) is 1. The first kappa shape index (κ1) is 18.2. The first-order valence-electron chi connectivity index (χ1n) is 8.20. The molecule has 0 spiro atoms. The predicted octanol–water partition coefficient (Wildman–Crippen LogP) is -1.38. The Morgan fingerprint density at radius 2 is 2.13 bits per heavy atom. The molecule has 2 rings (SSSR count). The van der Waals surface area contributed by atoms with Gasteiger partial charge in [-0.05, 0) is 26.1 Å². The number of fused-ring (bicyclic) bond motifs is 1. The number of hydrogen-bond acceptors (Lipinski definition) is 6. The molecule has 2 saturated heterocycles. The standard InChI is InChI=1S/C14H26BN3O5/c1-9(16)12(19)18-7-4-10-11(18)8-17-14(10,13(20)21)5-2-3-6-15(22)23/h9-11,17,22-23H,2-8,16H2,1H3,(H,20,21)/t9-,10?,11?,14?/m0/s1. The highest BCUT2D eigenvalue weighted by atomic mass is 16.4. The molecule has 0 radical (unpaired) electrons. The van der Waals surface area contributed by atoms with Gasteiger partial charge >= 0.3 is 13.1 Å². The van der Waals surface area contributed by atoms with E-state index in [1.165, 1.54) is 0 Å². The van der Waals surface area contributed by atoms with Gasteiger partial charge in [-0.25, -0.2) is 0 Å². The van der Waals surface area contributed by atoms with Gasteiger partial charge in [0.25, 0.3) is 0 Å². The minimum Gasteiger partial charge on any atom is -0.480 e. The summed E-state index contributed by atoms with van der Waals surface area (Å²) in [5.74, 6) is -1.17. The highest BCUT2D eigenvalue weighted by Gasteiger charge is 2.57. The lowest BCUT2D eigenvalue weighted by Crippen LogP contribution is -2.52. The summed E-state index contributed by atoms with van der Waals surface area (Å²) in [6.07, 6.45) is 2.43. The van der Waals surface area contributed by atoms with Crippen molar-refractivity contribution < 1.29 is 24.7 Å². The van der Waals surface area contributed by atoms with E-state index < -0.39 is 24.7 Å². The largest absolute Gasteiger partial charge is 0.480 e. The van der Waals surface area contributed by atoms with Crippen molar-refractivity contribution in [2.45, 2.75) is 56.5 Å². The fourth-order valence-electron chi connectivity index (χ4n) is 3.98. The number of hydrogen-bond donors (Lipinski definition) is 5. The van der Waals surface area contributed by atoms with Crippen molar-refractivity contribution in [3.63, 3.8) is 0 Å². The van der Waals surface area contributed by atoms with Gasteiger partial charge < -0.3 is 25.8 Å². The molecule has 1 amide bonds. The molecular formula is C14H26BN3O5. The Hall–Kier alpha value is -1.16. The van der Waals surface area contributed by atoms with Crippen LogP contribution in [0.1, 0.15) is 32.6 Å². The van der Waals surface area contributed by atoms with E-state index in [-0.39, 0.29) is 24.2 Å². The third-order valence-corrected chi connectivity index (χ3v) is 5.14. The molecule has 9 heteroatoms. The van der Waals surface area contributed by atoms with Gasteiger partial charge in [-0.15, -0.1) is 0 Å². The van der Waals surface area contributed by atoms with E-state index in [9.17, 15) is 14.7 Å². The molecule has 2 aliphatic heterocycles. The molecule has 2 aliphatic rings. The molecule has 0 saturated carbocycles. The zero-order valence-electron chi connectivity index (χ0n) is 13.4. The van der Waals surface area contributed by atoms with Crippen LogP contribution in [0.5, 0.6) is 0 Å². The molecule has 4 atom stereocenters. The minimum absolute atomic E-state index is 0.131. The summed E-state index contributed by atoms with van der Waals surface area (Å²) in [4.78, 5) is 25.8. The number of likely N-dealkylation sites (tertiary alicyclic amines) is 1. The maximum atomic E-state index is 12.2. The van der Waals surface area contributed by atoms with Crippen LogP contribution in [0.4, 0.5) is 0 Å². The normalized spacial score (nSPS) is 31.0. The minimum atomic E-state index is -1.36. The van der Waals surface area contributed by atoms with E-state index in [1.54, 1.807) is 11.8 Å². The average Bonchev–Trinajstić information content (AvgIpc) is 3.03. The highest BCUT2D eigenvalue weighted by Crippen LogP contribution is 2.41. The number of carbonyl (C=O) groups excluding carboxylic acids is 1. The zero-order valence-corrected chi connectivity index (χ0v) is 13.4. The van der Waals surface area contributed by atoms with Gasteiger partial charge in [0, 0.05) is 25.0 Å². The summed E-state index contributed by atoms with van der Waals surface area (Å²) in [5.41, 5.74) is 4.63. The molecule has 0 bridgehead atoms. The van der Waals surface area contributed by atoms with Crippen molar-refractivity contribution >= 4 is 19.0 Å². The molecular weight excluding hydrogens is 301 g/mol. The highest BCUT2D eigenvalue weighted by molar-refractivity contribution is 6.40. The van der Waals surface area contributed by atoms with Crippen molar-refractivity contribution in [2.24, 2.45) is 11.7 Å². The average molecular weight is 327 g/mol. The molecule has 130 valence electrons. The molecule has 8 nitrogen and oxygen atoms in total. The Kier molecular flexibility index (Phi) is 5.67. The van der Waals surface area contributed by atoms with Crippen LogP contribution in [0.25, 0.3) is 0 Å². The summed E-state index contributed by atoms with van der Waals surface area (Å²) < 4.78 is 0. The lowest BCUT2D eigenvalue weighted by molar-refractivity contribution is -0.146. The summed E-state index contributed by atoms with van der Waals surface area (Å²) in [7, 11) is -1.36. The fourth-order valence-corrected chi connectivity index (χ4v) is 3.98. The zero-order chi connectivity index (χ0) is 17.2. The van der Waals surface area contributed by atoms with Crippen molar-refractivity contribution in [1.82, 2.24) is 10.2 Å². The molecule has 2 fully saturated rings. The van der Waals surface area contributed by atoms with Gasteiger partial charge in [-0.3, -0.25) is 14.9 Å². The molecule has 0 aromatic carbocycles. The molecule has 0 aromatic heterocycles. The van der Waals surface area contributed by atoms with E-state index in [0.717, 1.165) is 0 Å². The van der Waals surface area contributed by atoms with Crippen molar-refractivity contribution in [3.05, 3.63) is 0 Å². The second-order valence-electron chi connectivity index (χ2n) is 6.67. The molecule has 6 N–H and O–H groups in total. The van der Waals surface area contributed by atoms with Crippen LogP contribution in [0.15, 0.2) is 0 Å². The fraction of sp³-hybridized carbons (Fsp3) is 0.857. The monoisotopic (exact) mass is 327 g/mol. The Bertz CT molecular complexity index is 462. The second-order valence-corrected chi connectivity index (χ2v) is 6.67. The number of aliphatic carboxylic acids is 1. The number of carboxylic acids is 1. The van der Waals surface area contributed by atoms with Gasteiger partial charge in [0.1, 0.15) is 5.54 Å². The second kappa shape index (κ2) is 7.17. The van der Waals surface area contributed by atoms with Gasteiger partial charge in [0.05, 0.1) is 6.04 Å². The van der Waals surface area contributed by atoms with Gasteiger partial charge in [0.15, 0.2) is 0 Å². The molecule has 3 unspecified atom stereocenters. The number of amides is 1. The topological polar surface area (TPSA) is 136 Å². The molecule has 2 heterocycles. The van der Waals surface area contributed by atoms with Crippen molar-refractivity contribution in [2.75, 3.05) is 13.1 Å². The molecule has 0 aromatic rings. The smallest absolute Gasteiger partial charge is 0.451 e. The summed E-state index contributed by atoms with van der Waals surface area (Å²) in [6.45, 7) is 2.64. The maximum Gasteiger partial charge on any atom is 0.451 e. The number of nitrogens with two attached hydrogens (primary N) is 1. The molecule has 0 aliphatic carbocycles. The van der Waals surface area contributed by atoms with Crippen LogP contribution >= 0.6 is 0 Å². The Labute approximate surface area is 136 Å². The van der Waals surface area contributed by atoms with E-state index in [0.29, 0.717) is 38.8 Å². The first-order chi connectivity index (χ1) is 10.8. The predicted molar refractivity (Wildman–Crippen MR) is 84.5 cm³/mol. The Balaban J connectivity index is 2.05.